The number of aromatic amines is 1. The van der Waals surface area contributed by atoms with Crippen LogP contribution in [0.2, 0.25) is 0 Å². The van der Waals surface area contributed by atoms with Crippen LogP contribution in [0.4, 0.5) is 5.00 Å². The van der Waals surface area contributed by atoms with Gasteiger partial charge >= 0.3 is 0 Å². The van der Waals surface area contributed by atoms with Gasteiger partial charge in [0, 0.05) is 30.0 Å². The summed E-state index contributed by atoms with van der Waals surface area (Å²) in [5.41, 5.74) is -0.269. The van der Waals surface area contributed by atoms with E-state index in [0.29, 0.717) is 5.00 Å². The minimum atomic E-state index is -0.470. The first kappa shape index (κ1) is 9.53. The average Bonchev–Trinajstić information content (AvgIpc) is 2.71. The molecule has 0 bridgehead atoms. The lowest BCUT2D eigenvalue weighted by atomic mass is 10.2. The molecule has 0 fully saturated rings. The van der Waals surface area contributed by atoms with Gasteiger partial charge in [0.1, 0.15) is 10.6 Å². The van der Waals surface area contributed by atoms with Crippen molar-refractivity contribution in [1.29, 1.82) is 0 Å². The van der Waals surface area contributed by atoms with Crippen LogP contribution < -0.4 is 10.7 Å². The van der Waals surface area contributed by atoms with E-state index in [0.717, 1.165) is 11.5 Å². The number of aromatic nitrogens is 3. The van der Waals surface area contributed by atoms with Crippen LogP contribution in [0.25, 0.3) is 0 Å². The number of pyridine rings is 1. The van der Waals surface area contributed by atoms with Crippen LogP contribution in [0.1, 0.15) is 10.4 Å². The number of carbonyl (C=O) groups is 1. The van der Waals surface area contributed by atoms with Crippen LogP contribution in [-0.2, 0) is 0 Å². The zero-order valence-electron chi connectivity index (χ0n) is 7.43. The normalized spacial score (nSPS) is 9.87. The summed E-state index contributed by atoms with van der Waals surface area (Å²) in [6.45, 7) is 0. The standard InChI is InChI=1S/C8H6N4O2S/c13-6-1-2-9-3-5(6)8(14)11-7-4-10-12-15-7/h1-4H,(H,9,13)(H,11,14). The van der Waals surface area contributed by atoms with Gasteiger partial charge in [0.15, 0.2) is 5.43 Å². The Balaban J connectivity index is 2.23. The van der Waals surface area contributed by atoms with Crippen LogP contribution in [0.3, 0.4) is 0 Å². The minimum absolute atomic E-state index is 0.0610. The van der Waals surface area contributed by atoms with E-state index >= 15 is 0 Å². The molecule has 0 saturated heterocycles. The van der Waals surface area contributed by atoms with Gasteiger partial charge in [0.05, 0.1) is 6.20 Å². The highest BCUT2D eigenvalue weighted by molar-refractivity contribution is 7.10. The van der Waals surface area contributed by atoms with Crippen molar-refractivity contribution in [1.82, 2.24) is 14.6 Å². The zero-order chi connectivity index (χ0) is 10.7. The molecule has 1 amide bonds. The van der Waals surface area contributed by atoms with E-state index in [1.165, 1.54) is 24.7 Å². The number of rotatable bonds is 2. The van der Waals surface area contributed by atoms with Gasteiger partial charge in [-0.1, -0.05) is 4.49 Å². The van der Waals surface area contributed by atoms with Crippen LogP contribution in [0.5, 0.6) is 0 Å². The number of hydrogen-bond donors (Lipinski definition) is 2. The molecule has 7 heteroatoms. The largest absolute Gasteiger partial charge is 0.367 e. The van der Waals surface area contributed by atoms with E-state index in [4.69, 9.17) is 0 Å². The number of nitrogens with zero attached hydrogens (tertiary/aromatic N) is 2. The molecule has 15 heavy (non-hydrogen) atoms. The summed E-state index contributed by atoms with van der Waals surface area (Å²) >= 11 is 1.05. The first-order valence-corrected chi connectivity index (χ1v) is 4.80. The molecule has 2 heterocycles. The Kier molecular flexibility index (Phi) is 2.55. The molecule has 2 aromatic heterocycles. The molecular weight excluding hydrogens is 216 g/mol. The molecule has 0 radical (unpaired) electrons. The topological polar surface area (TPSA) is 87.7 Å². The molecule has 0 atom stereocenters. The Labute approximate surface area is 88.1 Å². The van der Waals surface area contributed by atoms with Crippen molar-refractivity contribution < 1.29 is 4.79 Å². The van der Waals surface area contributed by atoms with Gasteiger partial charge in [0.2, 0.25) is 0 Å². The smallest absolute Gasteiger partial charge is 0.261 e. The lowest BCUT2D eigenvalue weighted by molar-refractivity contribution is 0.102. The van der Waals surface area contributed by atoms with E-state index in [-0.39, 0.29) is 11.0 Å². The first-order chi connectivity index (χ1) is 7.27. The Bertz CT molecular complexity index is 519. The fourth-order valence-electron chi connectivity index (χ4n) is 0.995. The highest BCUT2D eigenvalue weighted by Gasteiger charge is 2.10. The molecule has 2 N–H and O–H groups in total. The molecule has 2 rings (SSSR count). The molecule has 0 unspecified atom stereocenters. The predicted octanol–water partition coefficient (Wildman–Crippen LogP) is 0.479. The molecule has 0 aromatic carbocycles. The molecule has 76 valence electrons. The van der Waals surface area contributed by atoms with Gasteiger partial charge in [0.25, 0.3) is 5.91 Å². The molecule has 0 aliphatic carbocycles. The number of carbonyl (C=O) groups excluding carboxylic acids is 1. The van der Waals surface area contributed by atoms with E-state index in [9.17, 15) is 9.59 Å². The van der Waals surface area contributed by atoms with E-state index in [1.807, 2.05) is 0 Å². The average molecular weight is 222 g/mol. The van der Waals surface area contributed by atoms with Gasteiger partial charge in [-0.15, -0.1) is 5.10 Å². The number of hydrogen-bond acceptors (Lipinski definition) is 5. The number of nitrogens with one attached hydrogen (secondary N) is 2. The molecule has 6 nitrogen and oxygen atoms in total. The van der Waals surface area contributed by atoms with Crippen molar-refractivity contribution in [2.45, 2.75) is 0 Å². The minimum Gasteiger partial charge on any atom is -0.367 e. The molecule has 0 aliphatic rings. The molecule has 2 aromatic rings. The Morgan fingerprint density at radius 2 is 2.40 bits per heavy atom. The highest BCUT2D eigenvalue weighted by Crippen LogP contribution is 2.09. The maximum absolute atomic E-state index is 11.6. The number of anilines is 1. The first-order valence-electron chi connectivity index (χ1n) is 4.03. The second-order valence-corrected chi connectivity index (χ2v) is 3.44. The maximum atomic E-state index is 11.6. The fourth-order valence-corrected chi connectivity index (χ4v) is 1.41. The van der Waals surface area contributed by atoms with Gasteiger partial charge in [-0.2, -0.15) is 0 Å². The quantitative estimate of drug-likeness (QED) is 0.773. The van der Waals surface area contributed by atoms with Crippen molar-refractivity contribution in [2.24, 2.45) is 0 Å². The van der Waals surface area contributed by atoms with Crippen molar-refractivity contribution in [3.8, 4) is 0 Å². The lowest BCUT2D eigenvalue weighted by Gasteiger charge is -1.99. The van der Waals surface area contributed by atoms with E-state index < -0.39 is 5.91 Å². The van der Waals surface area contributed by atoms with Crippen LogP contribution in [0.15, 0.2) is 29.5 Å². The van der Waals surface area contributed by atoms with Gasteiger partial charge in [-0.25, -0.2) is 0 Å². The molecule has 0 spiro atoms. The third-order valence-corrected chi connectivity index (χ3v) is 2.25. The summed E-state index contributed by atoms with van der Waals surface area (Å²) in [5.74, 6) is -0.470. The summed E-state index contributed by atoms with van der Waals surface area (Å²) in [5, 5.41) is 6.58. The van der Waals surface area contributed by atoms with Gasteiger partial charge in [-0.05, 0) is 0 Å². The summed E-state index contributed by atoms with van der Waals surface area (Å²) in [6.07, 6.45) is 4.24. The lowest BCUT2D eigenvalue weighted by Crippen LogP contribution is -2.20. The van der Waals surface area contributed by atoms with Crippen molar-refractivity contribution in [3.63, 3.8) is 0 Å². The summed E-state index contributed by atoms with van der Waals surface area (Å²) in [6, 6.07) is 1.29. The summed E-state index contributed by atoms with van der Waals surface area (Å²) in [4.78, 5) is 25.5. The van der Waals surface area contributed by atoms with Crippen LogP contribution in [0, 0.1) is 0 Å². The molecule has 0 aliphatic heterocycles. The summed E-state index contributed by atoms with van der Waals surface area (Å²) < 4.78 is 3.58. The number of H-pyrrole nitrogens is 1. The fraction of sp³-hybridized carbons (Fsp3) is 0. The Morgan fingerprint density at radius 1 is 1.53 bits per heavy atom. The van der Waals surface area contributed by atoms with E-state index in [1.54, 1.807) is 0 Å². The zero-order valence-corrected chi connectivity index (χ0v) is 8.25. The molecule has 0 saturated carbocycles. The third kappa shape index (κ3) is 2.08. The SMILES string of the molecule is O=C(Nc1cnns1)c1c[nH]ccc1=O. The van der Waals surface area contributed by atoms with Crippen molar-refractivity contribution in [3.05, 3.63) is 40.4 Å². The van der Waals surface area contributed by atoms with Crippen LogP contribution >= 0.6 is 11.5 Å². The second-order valence-electron chi connectivity index (χ2n) is 2.66. The number of amides is 1. The summed E-state index contributed by atoms with van der Waals surface area (Å²) in [7, 11) is 0. The van der Waals surface area contributed by atoms with Gasteiger partial charge < -0.3 is 10.3 Å². The van der Waals surface area contributed by atoms with Crippen LogP contribution in [-0.4, -0.2) is 20.5 Å². The monoisotopic (exact) mass is 222 g/mol. The Hall–Kier alpha value is -2.02. The maximum Gasteiger partial charge on any atom is 0.261 e. The van der Waals surface area contributed by atoms with E-state index in [2.05, 4.69) is 19.9 Å². The van der Waals surface area contributed by atoms with Crippen molar-refractivity contribution in [2.75, 3.05) is 5.32 Å². The third-order valence-electron chi connectivity index (χ3n) is 1.67. The molecular formula is C8H6N4O2S. The predicted molar refractivity (Wildman–Crippen MR) is 54.9 cm³/mol. The highest BCUT2D eigenvalue weighted by atomic mass is 32.1. The Morgan fingerprint density at radius 3 is 3.07 bits per heavy atom. The second kappa shape index (κ2) is 4.01. The van der Waals surface area contributed by atoms with Gasteiger partial charge in [-0.3, -0.25) is 9.59 Å². The van der Waals surface area contributed by atoms with Crippen molar-refractivity contribution >= 4 is 22.4 Å².